The summed E-state index contributed by atoms with van der Waals surface area (Å²) in [6.45, 7) is 8.18. The molecule has 0 amide bonds. The van der Waals surface area contributed by atoms with Crippen molar-refractivity contribution in [1.29, 1.82) is 0 Å². The lowest BCUT2D eigenvalue weighted by molar-refractivity contribution is 0.481. The van der Waals surface area contributed by atoms with Gasteiger partial charge in [-0.25, -0.2) is 0 Å². The van der Waals surface area contributed by atoms with Gasteiger partial charge in [-0.15, -0.1) is 15.3 Å². The fourth-order valence-electron chi connectivity index (χ4n) is 3.63. The lowest BCUT2D eigenvalue weighted by Gasteiger charge is -2.25. The van der Waals surface area contributed by atoms with Crippen LogP contribution in [0.25, 0.3) is 5.65 Å². The summed E-state index contributed by atoms with van der Waals surface area (Å²) in [6.07, 6.45) is 3.79. The number of rotatable bonds is 4. The van der Waals surface area contributed by atoms with Crippen LogP contribution < -0.4 is 4.90 Å². The monoisotopic (exact) mass is 359 g/mol. The molecule has 8 heteroatoms. The summed E-state index contributed by atoms with van der Waals surface area (Å²) in [5.41, 5.74) is 2.89. The van der Waals surface area contributed by atoms with E-state index in [-0.39, 0.29) is 6.04 Å². The molecule has 0 bridgehead atoms. The fraction of sp³-hybridized carbons (Fsp3) is 0.529. The smallest absolute Gasteiger partial charge is 0.177 e. The number of fused-ring (bicyclic) bond motifs is 1. The Morgan fingerprint density at radius 1 is 1.28 bits per heavy atom. The van der Waals surface area contributed by atoms with E-state index in [1.807, 2.05) is 23.7 Å². The molecule has 0 saturated carbocycles. The standard InChI is InChI=1S/C17H22ClN7/c1-11(2)9-24-17(18)16(12(3)21-24)13-5-4-8-23(13)15-7-6-14-20-19-10-25(14)22-15/h6-7,10-11,13H,4-5,8-9H2,1-3H3. The molecule has 0 aliphatic carbocycles. The molecule has 1 aliphatic rings. The first-order chi connectivity index (χ1) is 12.0. The molecule has 4 rings (SSSR count). The van der Waals surface area contributed by atoms with E-state index in [9.17, 15) is 0 Å². The molecule has 4 heterocycles. The van der Waals surface area contributed by atoms with Crippen molar-refractivity contribution >= 4 is 23.1 Å². The highest BCUT2D eigenvalue weighted by molar-refractivity contribution is 6.30. The Bertz CT molecular complexity index is 898. The van der Waals surface area contributed by atoms with Gasteiger partial charge in [0.15, 0.2) is 5.65 Å². The van der Waals surface area contributed by atoms with E-state index < -0.39 is 0 Å². The summed E-state index contributed by atoms with van der Waals surface area (Å²) in [5, 5.41) is 18.0. The third kappa shape index (κ3) is 2.86. The minimum Gasteiger partial charge on any atom is -0.348 e. The minimum atomic E-state index is 0.204. The van der Waals surface area contributed by atoms with Crippen LogP contribution in [0.15, 0.2) is 18.5 Å². The summed E-state index contributed by atoms with van der Waals surface area (Å²) < 4.78 is 3.64. The van der Waals surface area contributed by atoms with Gasteiger partial charge in [-0.05, 0) is 37.8 Å². The summed E-state index contributed by atoms with van der Waals surface area (Å²) in [7, 11) is 0. The SMILES string of the molecule is Cc1nn(CC(C)C)c(Cl)c1C1CCCN1c1ccc2nncn2n1. The van der Waals surface area contributed by atoms with Gasteiger partial charge in [0.05, 0.1) is 11.7 Å². The van der Waals surface area contributed by atoms with E-state index in [1.54, 1.807) is 10.8 Å². The van der Waals surface area contributed by atoms with Gasteiger partial charge in [0, 0.05) is 18.7 Å². The normalized spacial score (nSPS) is 18.0. The van der Waals surface area contributed by atoms with Crippen molar-refractivity contribution in [2.45, 2.75) is 46.2 Å². The first-order valence-electron chi connectivity index (χ1n) is 8.71. The molecule has 1 aliphatic heterocycles. The molecule has 3 aromatic rings. The zero-order valence-corrected chi connectivity index (χ0v) is 15.5. The molecule has 0 radical (unpaired) electrons. The van der Waals surface area contributed by atoms with Crippen LogP contribution in [0.3, 0.4) is 0 Å². The quantitative estimate of drug-likeness (QED) is 0.715. The number of aryl methyl sites for hydroxylation is 1. The molecule has 1 saturated heterocycles. The third-order valence-corrected chi connectivity index (χ3v) is 5.07. The van der Waals surface area contributed by atoms with Gasteiger partial charge in [-0.2, -0.15) is 9.61 Å². The lowest BCUT2D eigenvalue weighted by atomic mass is 10.1. The minimum absolute atomic E-state index is 0.204. The summed E-state index contributed by atoms with van der Waals surface area (Å²) >= 11 is 6.71. The fourth-order valence-corrected chi connectivity index (χ4v) is 3.99. The summed E-state index contributed by atoms with van der Waals surface area (Å²) in [6, 6.07) is 4.15. The number of nitrogens with zero attached hydrogens (tertiary/aromatic N) is 7. The Morgan fingerprint density at radius 2 is 2.12 bits per heavy atom. The van der Waals surface area contributed by atoms with E-state index in [4.69, 9.17) is 11.6 Å². The Kier molecular flexibility index (Phi) is 4.11. The zero-order chi connectivity index (χ0) is 17.6. The van der Waals surface area contributed by atoms with Crippen molar-refractivity contribution in [2.24, 2.45) is 5.92 Å². The molecular weight excluding hydrogens is 338 g/mol. The maximum absolute atomic E-state index is 6.71. The van der Waals surface area contributed by atoms with Crippen LogP contribution in [0.4, 0.5) is 5.82 Å². The molecular formula is C17H22ClN7. The van der Waals surface area contributed by atoms with Crippen LogP contribution in [0.5, 0.6) is 0 Å². The molecule has 1 unspecified atom stereocenters. The predicted octanol–water partition coefficient (Wildman–Crippen LogP) is 3.28. The van der Waals surface area contributed by atoms with Gasteiger partial charge >= 0.3 is 0 Å². The summed E-state index contributed by atoms with van der Waals surface area (Å²) in [5.74, 6) is 1.42. The van der Waals surface area contributed by atoms with Gasteiger partial charge in [-0.1, -0.05) is 25.4 Å². The predicted molar refractivity (Wildman–Crippen MR) is 96.9 cm³/mol. The van der Waals surface area contributed by atoms with E-state index in [1.165, 1.54) is 0 Å². The molecule has 0 N–H and O–H groups in total. The van der Waals surface area contributed by atoms with Gasteiger partial charge in [0.2, 0.25) is 0 Å². The number of halogens is 1. The highest BCUT2D eigenvalue weighted by Crippen LogP contribution is 2.39. The number of anilines is 1. The zero-order valence-electron chi connectivity index (χ0n) is 14.7. The number of hydrogen-bond donors (Lipinski definition) is 0. The lowest BCUT2D eigenvalue weighted by Crippen LogP contribution is -2.24. The maximum atomic E-state index is 6.71. The Labute approximate surface area is 151 Å². The molecule has 25 heavy (non-hydrogen) atoms. The topological polar surface area (TPSA) is 64.1 Å². The van der Waals surface area contributed by atoms with Gasteiger partial charge in [0.25, 0.3) is 0 Å². The van der Waals surface area contributed by atoms with Gasteiger partial charge in [0.1, 0.15) is 17.3 Å². The third-order valence-electron chi connectivity index (χ3n) is 4.68. The average Bonchev–Trinajstić information content (AvgIpc) is 3.26. The molecule has 132 valence electrons. The first kappa shape index (κ1) is 16.3. The van der Waals surface area contributed by atoms with Crippen molar-refractivity contribution in [3.05, 3.63) is 34.9 Å². The Hall–Kier alpha value is -2.15. The Balaban J connectivity index is 1.71. The Morgan fingerprint density at radius 3 is 2.92 bits per heavy atom. The van der Waals surface area contributed by atoms with E-state index >= 15 is 0 Å². The maximum Gasteiger partial charge on any atom is 0.177 e. The molecule has 0 spiro atoms. The second-order valence-electron chi connectivity index (χ2n) is 7.04. The highest BCUT2D eigenvalue weighted by Gasteiger charge is 2.32. The van der Waals surface area contributed by atoms with Crippen LogP contribution in [-0.4, -0.2) is 36.1 Å². The molecule has 1 atom stereocenters. The van der Waals surface area contributed by atoms with E-state index in [2.05, 4.69) is 39.1 Å². The van der Waals surface area contributed by atoms with Crippen molar-refractivity contribution in [1.82, 2.24) is 29.6 Å². The average molecular weight is 360 g/mol. The van der Waals surface area contributed by atoms with Crippen LogP contribution in [0.1, 0.15) is 44.0 Å². The second-order valence-corrected chi connectivity index (χ2v) is 7.40. The molecule has 7 nitrogen and oxygen atoms in total. The first-order valence-corrected chi connectivity index (χ1v) is 9.09. The molecule has 3 aromatic heterocycles. The van der Waals surface area contributed by atoms with Gasteiger partial charge < -0.3 is 4.90 Å². The van der Waals surface area contributed by atoms with E-state index in [0.29, 0.717) is 5.92 Å². The largest absolute Gasteiger partial charge is 0.348 e. The van der Waals surface area contributed by atoms with E-state index in [0.717, 1.165) is 53.8 Å². The second kappa shape index (κ2) is 6.29. The number of aromatic nitrogens is 6. The molecule has 0 aromatic carbocycles. The number of hydrogen-bond acceptors (Lipinski definition) is 5. The van der Waals surface area contributed by atoms with Crippen molar-refractivity contribution in [3.63, 3.8) is 0 Å². The van der Waals surface area contributed by atoms with Crippen molar-refractivity contribution in [2.75, 3.05) is 11.4 Å². The van der Waals surface area contributed by atoms with Crippen LogP contribution in [0, 0.1) is 12.8 Å². The van der Waals surface area contributed by atoms with Gasteiger partial charge in [-0.3, -0.25) is 4.68 Å². The van der Waals surface area contributed by atoms with Crippen LogP contribution >= 0.6 is 11.6 Å². The van der Waals surface area contributed by atoms with Crippen LogP contribution in [0.2, 0.25) is 5.15 Å². The van der Waals surface area contributed by atoms with Crippen molar-refractivity contribution < 1.29 is 0 Å². The van der Waals surface area contributed by atoms with Crippen molar-refractivity contribution in [3.8, 4) is 0 Å². The highest BCUT2D eigenvalue weighted by atomic mass is 35.5. The molecule has 1 fully saturated rings. The summed E-state index contributed by atoms with van der Waals surface area (Å²) in [4.78, 5) is 2.31. The van der Waals surface area contributed by atoms with Crippen LogP contribution in [-0.2, 0) is 6.54 Å².